The zero-order valence-corrected chi connectivity index (χ0v) is 19.5. The Bertz CT molecular complexity index is 984. The number of nitriles is 1. The van der Waals surface area contributed by atoms with Crippen LogP contribution in [0, 0.1) is 18.3 Å². The SMILES string of the molecule is CCCCN1C(=O)/C(=C/c2c(C)c(C#N)c(=O)n(CCC)c2N2CCCC2)SC1=S. The Balaban J connectivity index is 2.18. The number of hydrogen-bond acceptors (Lipinski definition) is 6. The maximum absolute atomic E-state index is 13.1. The summed E-state index contributed by atoms with van der Waals surface area (Å²) in [4.78, 5) is 30.5. The zero-order chi connectivity index (χ0) is 21.8. The Labute approximate surface area is 187 Å². The van der Waals surface area contributed by atoms with Gasteiger partial charge < -0.3 is 4.90 Å². The molecule has 0 saturated carbocycles. The Morgan fingerprint density at radius 1 is 1.17 bits per heavy atom. The first-order valence-corrected chi connectivity index (χ1v) is 11.8. The molecule has 1 amide bonds. The van der Waals surface area contributed by atoms with Gasteiger partial charge in [-0.15, -0.1) is 0 Å². The summed E-state index contributed by atoms with van der Waals surface area (Å²) in [6.07, 6.45) is 6.66. The van der Waals surface area contributed by atoms with Crippen molar-refractivity contribution < 1.29 is 4.79 Å². The van der Waals surface area contributed by atoms with Crippen LogP contribution in [0.2, 0.25) is 0 Å². The molecule has 3 heterocycles. The molecule has 2 saturated heterocycles. The molecule has 0 N–H and O–H groups in total. The fraction of sp³-hybridized carbons (Fsp3) is 0.545. The van der Waals surface area contributed by atoms with Gasteiger partial charge in [0.15, 0.2) is 0 Å². The summed E-state index contributed by atoms with van der Waals surface area (Å²) in [5.74, 6) is 0.742. The van der Waals surface area contributed by atoms with E-state index in [4.69, 9.17) is 12.2 Å². The normalized spacial score (nSPS) is 18.0. The highest BCUT2D eigenvalue weighted by molar-refractivity contribution is 8.26. The topological polar surface area (TPSA) is 69.3 Å². The molecule has 2 aliphatic heterocycles. The van der Waals surface area contributed by atoms with Gasteiger partial charge in [-0.3, -0.25) is 19.1 Å². The largest absolute Gasteiger partial charge is 0.357 e. The van der Waals surface area contributed by atoms with Crippen molar-refractivity contribution in [2.45, 2.75) is 59.4 Å². The Hall–Kier alpha value is -2.11. The van der Waals surface area contributed by atoms with E-state index in [1.54, 1.807) is 16.4 Å². The van der Waals surface area contributed by atoms with E-state index < -0.39 is 0 Å². The average molecular weight is 445 g/mol. The highest BCUT2D eigenvalue weighted by atomic mass is 32.2. The van der Waals surface area contributed by atoms with Crippen LogP contribution in [0.4, 0.5) is 5.82 Å². The number of unbranched alkanes of at least 4 members (excludes halogenated alkanes) is 1. The molecule has 6 nitrogen and oxygen atoms in total. The van der Waals surface area contributed by atoms with Crippen LogP contribution in [-0.4, -0.2) is 39.3 Å². The van der Waals surface area contributed by atoms with Gasteiger partial charge >= 0.3 is 0 Å². The minimum absolute atomic E-state index is 0.0861. The monoisotopic (exact) mass is 444 g/mol. The summed E-state index contributed by atoms with van der Waals surface area (Å²) in [6, 6.07) is 2.09. The molecule has 1 aromatic heterocycles. The number of amides is 1. The number of rotatable bonds is 7. The van der Waals surface area contributed by atoms with Crippen LogP contribution in [0.25, 0.3) is 6.08 Å². The highest BCUT2D eigenvalue weighted by Gasteiger charge is 2.33. The third-order valence-electron chi connectivity index (χ3n) is 5.58. The molecule has 2 aliphatic rings. The summed E-state index contributed by atoms with van der Waals surface area (Å²) in [5.41, 5.74) is 1.33. The number of pyridine rings is 1. The van der Waals surface area contributed by atoms with Crippen molar-refractivity contribution in [1.29, 1.82) is 5.26 Å². The minimum atomic E-state index is -0.244. The highest BCUT2D eigenvalue weighted by Crippen LogP contribution is 2.36. The van der Waals surface area contributed by atoms with Gasteiger partial charge in [0.1, 0.15) is 21.8 Å². The van der Waals surface area contributed by atoms with Gasteiger partial charge in [-0.05, 0) is 44.2 Å². The molecule has 8 heteroatoms. The molecule has 160 valence electrons. The Morgan fingerprint density at radius 3 is 2.47 bits per heavy atom. The van der Waals surface area contributed by atoms with Crippen molar-refractivity contribution in [1.82, 2.24) is 9.47 Å². The van der Waals surface area contributed by atoms with Gasteiger partial charge in [0.25, 0.3) is 11.5 Å². The van der Waals surface area contributed by atoms with Crippen LogP contribution in [0.5, 0.6) is 0 Å². The van der Waals surface area contributed by atoms with Gasteiger partial charge in [0.05, 0.1) is 4.91 Å². The van der Waals surface area contributed by atoms with E-state index in [9.17, 15) is 14.9 Å². The molecular formula is C22H28N4O2S2. The van der Waals surface area contributed by atoms with E-state index in [1.807, 2.05) is 13.0 Å². The Morgan fingerprint density at radius 2 is 1.87 bits per heavy atom. The van der Waals surface area contributed by atoms with E-state index >= 15 is 0 Å². The molecule has 3 rings (SSSR count). The standard InChI is InChI=1S/C22H28N4O2S2/c1-4-6-12-26-21(28)18(30-22(26)29)13-16-15(3)17(14-23)20(27)25(9-5-2)19(16)24-10-7-8-11-24/h13H,4-12H2,1-3H3/b18-13-. The van der Waals surface area contributed by atoms with Crippen LogP contribution in [0.1, 0.15) is 62.6 Å². The average Bonchev–Trinajstić information content (AvgIpc) is 3.34. The number of carbonyl (C=O) groups excluding carboxylic acids is 1. The van der Waals surface area contributed by atoms with Gasteiger partial charge in [0, 0.05) is 31.7 Å². The molecule has 0 unspecified atom stereocenters. The molecular weight excluding hydrogens is 416 g/mol. The lowest BCUT2D eigenvalue weighted by Crippen LogP contribution is -2.33. The second-order valence-corrected chi connectivity index (χ2v) is 9.36. The Kier molecular flexibility index (Phi) is 7.37. The predicted molar refractivity (Wildman–Crippen MR) is 127 cm³/mol. The van der Waals surface area contributed by atoms with Crippen molar-refractivity contribution in [3.63, 3.8) is 0 Å². The lowest BCUT2D eigenvalue weighted by atomic mass is 10.0. The smallest absolute Gasteiger partial charge is 0.270 e. The molecule has 2 fully saturated rings. The van der Waals surface area contributed by atoms with E-state index in [0.717, 1.165) is 56.6 Å². The number of carbonyl (C=O) groups is 1. The zero-order valence-electron chi connectivity index (χ0n) is 17.9. The van der Waals surface area contributed by atoms with Crippen LogP contribution in [0.15, 0.2) is 9.70 Å². The van der Waals surface area contributed by atoms with Gasteiger partial charge in [0.2, 0.25) is 0 Å². The summed E-state index contributed by atoms with van der Waals surface area (Å²) >= 11 is 6.75. The lowest BCUT2D eigenvalue weighted by Gasteiger charge is -2.26. The van der Waals surface area contributed by atoms with Crippen molar-refractivity contribution in [3.05, 3.63) is 31.9 Å². The van der Waals surface area contributed by atoms with Gasteiger partial charge in [-0.2, -0.15) is 5.26 Å². The minimum Gasteiger partial charge on any atom is -0.357 e. The number of anilines is 1. The number of hydrogen-bond donors (Lipinski definition) is 0. The van der Waals surface area contributed by atoms with Crippen LogP contribution in [0.3, 0.4) is 0 Å². The number of thioether (sulfide) groups is 1. The third kappa shape index (κ3) is 4.19. The van der Waals surface area contributed by atoms with E-state index in [1.165, 1.54) is 11.8 Å². The quantitative estimate of drug-likeness (QED) is 0.467. The van der Waals surface area contributed by atoms with Crippen molar-refractivity contribution >= 4 is 46.1 Å². The molecule has 1 aromatic rings. The van der Waals surface area contributed by atoms with Crippen molar-refractivity contribution in [2.24, 2.45) is 0 Å². The fourth-order valence-corrected chi connectivity index (χ4v) is 5.28. The first kappa shape index (κ1) is 22.6. The fourth-order valence-electron chi connectivity index (χ4n) is 3.98. The van der Waals surface area contributed by atoms with Crippen LogP contribution >= 0.6 is 24.0 Å². The summed E-state index contributed by atoms with van der Waals surface area (Å²) in [6.45, 7) is 8.80. The van der Waals surface area contributed by atoms with Crippen LogP contribution in [-0.2, 0) is 11.3 Å². The number of thiocarbonyl (C=S) groups is 1. The summed E-state index contributed by atoms with van der Waals surface area (Å²) < 4.78 is 2.29. The summed E-state index contributed by atoms with van der Waals surface area (Å²) in [5, 5.41) is 9.67. The van der Waals surface area contributed by atoms with E-state index in [0.29, 0.717) is 27.9 Å². The molecule has 0 aromatic carbocycles. The van der Waals surface area contributed by atoms with E-state index in [2.05, 4.69) is 17.9 Å². The second kappa shape index (κ2) is 9.80. The van der Waals surface area contributed by atoms with Crippen LogP contribution < -0.4 is 10.5 Å². The van der Waals surface area contributed by atoms with Crippen molar-refractivity contribution in [3.8, 4) is 6.07 Å². The molecule has 0 spiro atoms. The first-order valence-electron chi connectivity index (χ1n) is 10.6. The molecule has 30 heavy (non-hydrogen) atoms. The van der Waals surface area contributed by atoms with Gasteiger partial charge in [-0.1, -0.05) is 44.2 Å². The molecule has 0 atom stereocenters. The van der Waals surface area contributed by atoms with Crippen molar-refractivity contribution in [2.75, 3.05) is 24.5 Å². The number of aromatic nitrogens is 1. The second-order valence-electron chi connectivity index (χ2n) is 7.69. The molecule has 0 radical (unpaired) electrons. The van der Waals surface area contributed by atoms with Gasteiger partial charge in [-0.25, -0.2) is 0 Å². The van der Waals surface area contributed by atoms with E-state index in [-0.39, 0.29) is 17.0 Å². The predicted octanol–water partition coefficient (Wildman–Crippen LogP) is 4.04. The molecule has 0 bridgehead atoms. The molecule has 0 aliphatic carbocycles. The lowest BCUT2D eigenvalue weighted by molar-refractivity contribution is -0.122. The summed E-state index contributed by atoms with van der Waals surface area (Å²) in [7, 11) is 0. The maximum atomic E-state index is 13.1. The third-order valence-corrected chi connectivity index (χ3v) is 6.96. The first-order chi connectivity index (χ1) is 14.4. The maximum Gasteiger partial charge on any atom is 0.270 e. The number of nitrogens with zero attached hydrogens (tertiary/aromatic N) is 4.